The van der Waals surface area contributed by atoms with E-state index in [-0.39, 0.29) is 6.17 Å². The topological polar surface area (TPSA) is 46.9 Å². The second-order valence-corrected chi connectivity index (χ2v) is 11.3. The molecule has 0 aromatic heterocycles. The average molecular weight is 430 g/mol. The fraction of sp³-hybridized carbons (Fsp3) is 0.391. The van der Waals surface area contributed by atoms with Gasteiger partial charge in [0, 0.05) is 20.3 Å². The molecule has 3 unspecified atom stereocenters. The molecule has 8 rings (SSSR count). The van der Waals surface area contributed by atoms with Gasteiger partial charge in [0.15, 0.2) is 0 Å². The number of fused-ring (bicyclic) bond motifs is 7. The molecule has 0 radical (unpaired) electrons. The second-order valence-electron chi connectivity index (χ2n) is 9.17. The molecule has 6 aliphatic rings. The SMILES string of the molecule is C[C@H]1N2N=NN1C1CCCCC1N1C=CN3c4cccc5c4P(c4c(cccc42)O5)[C@H]31. The van der Waals surface area contributed by atoms with Gasteiger partial charge in [0.05, 0.1) is 34.1 Å². The number of rotatable bonds is 0. The summed E-state index contributed by atoms with van der Waals surface area (Å²) in [6.07, 6.45) is 9.67. The van der Waals surface area contributed by atoms with Crippen molar-refractivity contribution in [3.8, 4) is 11.5 Å². The Morgan fingerprint density at radius 3 is 2.48 bits per heavy atom. The molecule has 7 nitrogen and oxygen atoms in total. The van der Waals surface area contributed by atoms with Gasteiger partial charge in [0.2, 0.25) is 0 Å². The van der Waals surface area contributed by atoms with E-state index in [1.54, 1.807) is 0 Å². The van der Waals surface area contributed by atoms with E-state index in [0.717, 1.165) is 17.2 Å². The predicted octanol–water partition coefficient (Wildman–Crippen LogP) is 4.19. The summed E-state index contributed by atoms with van der Waals surface area (Å²) in [4.78, 5) is 5.17. The summed E-state index contributed by atoms with van der Waals surface area (Å²) in [7, 11) is -0.655. The van der Waals surface area contributed by atoms with E-state index in [4.69, 9.17) is 15.2 Å². The summed E-state index contributed by atoms with van der Waals surface area (Å²) in [5.41, 5.74) is 2.44. The van der Waals surface area contributed by atoms with E-state index >= 15 is 0 Å². The van der Waals surface area contributed by atoms with Crippen LogP contribution < -0.4 is 25.3 Å². The Labute approximate surface area is 182 Å². The lowest BCUT2D eigenvalue weighted by Gasteiger charge is -2.47. The van der Waals surface area contributed by atoms with E-state index in [1.807, 2.05) is 0 Å². The van der Waals surface area contributed by atoms with Crippen molar-refractivity contribution in [3.05, 3.63) is 48.8 Å². The maximum absolute atomic E-state index is 6.49. The minimum absolute atomic E-state index is 0.102. The lowest BCUT2D eigenvalue weighted by Crippen LogP contribution is -2.57. The standard InChI is InChI=1S/C23H23N6OP/c1-14-28-16-7-3-2-6-15(16)26-12-13-27-17-8-4-10-19-21(17)31(23(26)27)22-18(29(14)25-24-28)9-5-11-20(22)30-19/h4-5,8-16,23H,2-3,6-7H2,1H3/t14-,15?,16?,23+,31?/m1/s1. The molecular weight excluding hydrogens is 407 g/mol. The highest BCUT2D eigenvalue weighted by atomic mass is 31.1. The van der Waals surface area contributed by atoms with Crippen molar-refractivity contribution >= 4 is 29.9 Å². The highest BCUT2D eigenvalue weighted by Crippen LogP contribution is 2.62. The molecule has 2 aromatic carbocycles. The van der Waals surface area contributed by atoms with Crippen LogP contribution in [0.3, 0.4) is 0 Å². The van der Waals surface area contributed by atoms with E-state index in [0.29, 0.717) is 18.0 Å². The summed E-state index contributed by atoms with van der Waals surface area (Å²) in [6, 6.07) is 13.8. The molecule has 5 heterocycles. The lowest BCUT2D eigenvalue weighted by atomic mass is 9.88. The van der Waals surface area contributed by atoms with Gasteiger partial charge < -0.3 is 14.5 Å². The Kier molecular flexibility index (Phi) is 3.10. The van der Waals surface area contributed by atoms with Gasteiger partial charge in [0.25, 0.3) is 0 Å². The van der Waals surface area contributed by atoms with Crippen molar-refractivity contribution in [2.45, 2.75) is 56.8 Å². The molecular formula is C23H23N6OP. The van der Waals surface area contributed by atoms with Gasteiger partial charge in [-0.2, -0.15) is 0 Å². The van der Waals surface area contributed by atoms with Crippen LogP contribution in [0.15, 0.2) is 59.2 Å². The molecule has 2 aromatic rings. The Hall–Kier alpha value is -2.79. The molecule has 5 atom stereocenters. The molecule has 0 saturated heterocycles. The first-order valence-electron chi connectivity index (χ1n) is 11.3. The smallest absolute Gasteiger partial charge is 0.140 e. The first-order valence-corrected chi connectivity index (χ1v) is 12.7. The number of ether oxygens (including phenoxy) is 1. The Bertz CT molecular complexity index is 1180. The van der Waals surface area contributed by atoms with Crippen molar-refractivity contribution in [3.63, 3.8) is 0 Å². The van der Waals surface area contributed by atoms with Crippen LogP contribution in [-0.2, 0) is 0 Å². The highest BCUT2D eigenvalue weighted by Gasteiger charge is 2.54. The van der Waals surface area contributed by atoms with Crippen LogP contribution in [0.5, 0.6) is 11.5 Å². The van der Waals surface area contributed by atoms with Crippen molar-refractivity contribution < 1.29 is 4.74 Å². The van der Waals surface area contributed by atoms with Crippen LogP contribution in [0, 0.1) is 0 Å². The highest BCUT2D eigenvalue weighted by molar-refractivity contribution is 7.75. The third-order valence-corrected chi connectivity index (χ3v) is 10.6. The Morgan fingerprint density at radius 2 is 1.65 bits per heavy atom. The fourth-order valence-electron chi connectivity index (χ4n) is 6.41. The fourth-order valence-corrected chi connectivity index (χ4v) is 9.63. The van der Waals surface area contributed by atoms with Crippen LogP contribution in [0.25, 0.3) is 0 Å². The van der Waals surface area contributed by atoms with E-state index in [2.05, 4.69) is 75.5 Å². The zero-order valence-corrected chi connectivity index (χ0v) is 18.2. The van der Waals surface area contributed by atoms with E-state index in [9.17, 15) is 0 Å². The number of hydrogen-bond donors (Lipinski definition) is 0. The molecule has 5 aliphatic heterocycles. The monoisotopic (exact) mass is 430 g/mol. The molecule has 1 saturated carbocycles. The maximum Gasteiger partial charge on any atom is 0.140 e. The van der Waals surface area contributed by atoms with Crippen molar-refractivity contribution in [2.75, 3.05) is 9.91 Å². The lowest BCUT2D eigenvalue weighted by molar-refractivity contribution is 0.0571. The van der Waals surface area contributed by atoms with Gasteiger partial charge in [-0.05, 0) is 49.3 Å². The molecule has 2 bridgehead atoms. The zero-order chi connectivity index (χ0) is 20.3. The van der Waals surface area contributed by atoms with Gasteiger partial charge in [-0.15, -0.1) is 0 Å². The molecule has 1 aliphatic carbocycles. The van der Waals surface area contributed by atoms with Gasteiger partial charge >= 0.3 is 0 Å². The van der Waals surface area contributed by atoms with Crippen LogP contribution in [-0.4, -0.2) is 34.1 Å². The number of anilines is 2. The first-order chi connectivity index (χ1) is 15.3. The van der Waals surface area contributed by atoms with Crippen LogP contribution in [0.4, 0.5) is 11.4 Å². The molecule has 0 spiro atoms. The van der Waals surface area contributed by atoms with Crippen molar-refractivity contribution in [2.24, 2.45) is 10.4 Å². The molecule has 0 amide bonds. The normalized spacial score (nSPS) is 32.9. The summed E-state index contributed by atoms with van der Waals surface area (Å²) in [5.74, 6) is 2.30. The van der Waals surface area contributed by atoms with Gasteiger partial charge in [0.1, 0.15) is 23.6 Å². The molecule has 8 heteroatoms. The Morgan fingerprint density at radius 1 is 0.903 bits per heavy atom. The summed E-state index contributed by atoms with van der Waals surface area (Å²) < 4.78 is 6.49. The van der Waals surface area contributed by atoms with Gasteiger partial charge in [-0.1, -0.05) is 30.2 Å². The average Bonchev–Trinajstić information content (AvgIpc) is 3.48. The number of hydrogen-bond acceptors (Lipinski definition) is 7. The minimum Gasteiger partial charge on any atom is -0.456 e. The van der Waals surface area contributed by atoms with Gasteiger partial charge in [-0.25, -0.2) is 10.0 Å². The number of benzene rings is 2. The zero-order valence-electron chi connectivity index (χ0n) is 17.3. The minimum atomic E-state index is -0.655. The van der Waals surface area contributed by atoms with E-state index < -0.39 is 7.92 Å². The molecule has 156 valence electrons. The van der Waals surface area contributed by atoms with Crippen molar-refractivity contribution in [1.29, 1.82) is 0 Å². The molecule has 1 fully saturated rings. The largest absolute Gasteiger partial charge is 0.456 e. The second kappa shape index (κ2) is 5.71. The third kappa shape index (κ3) is 1.95. The quantitative estimate of drug-likeness (QED) is 0.587. The van der Waals surface area contributed by atoms with E-state index in [1.165, 1.54) is 42.0 Å². The maximum atomic E-state index is 6.49. The van der Waals surface area contributed by atoms with Crippen molar-refractivity contribution in [1.82, 2.24) is 9.91 Å². The molecule has 31 heavy (non-hydrogen) atoms. The Balaban J connectivity index is 1.43. The summed E-state index contributed by atoms with van der Waals surface area (Å²) in [6.45, 7) is 2.24. The predicted molar refractivity (Wildman–Crippen MR) is 121 cm³/mol. The van der Waals surface area contributed by atoms with Crippen LogP contribution >= 0.6 is 7.92 Å². The molecule has 0 N–H and O–H groups in total. The third-order valence-electron chi connectivity index (χ3n) is 7.72. The summed E-state index contributed by atoms with van der Waals surface area (Å²) >= 11 is 0. The van der Waals surface area contributed by atoms with Gasteiger partial charge in [-0.3, -0.25) is 0 Å². The summed E-state index contributed by atoms with van der Waals surface area (Å²) in [5, 5.41) is 16.5. The number of nitrogens with zero attached hydrogens (tertiary/aromatic N) is 6. The van der Waals surface area contributed by atoms with Crippen LogP contribution in [0.2, 0.25) is 0 Å². The van der Waals surface area contributed by atoms with Crippen LogP contribution in [0.1, 0.15) is 32.6 Å². The first kappa shape index (κ1) is 16.8.